The topological polar surface area (TPSA) is 41.1 Å². The summed E-state index contributed by atoms with van der Waals surface area (Å²) in [6, 6.07) is 1.96. The Morgan fingerprint density at radius 2 is 2.35 bits per heavy atom. The Morgan fingerprint density at radius 1 is 1.41 bits per heavy atom. The van der Waals surface area contributed by atoms with Gasteiger partial charge >= 0.3 is 0 Å². The smallest absolute Gasteiger partial charge is 0.225 e. The lowest BCUT2D eigenvalue weighted by molar-refractivity contribution is 0.239. The molecule has 0 aromatic carbocycles. The maximum absolute atomic E-state index is 4.53. The summed E-state index contributed by atoms with van der Waals surface area (Å²) in [4.78, 5) is 11.3. The van der Waals surface area contributed by atoms with Gasteiger partial charge in [-0.25, -0.2) is 9.97 Å². The van der Waals surface area contributed by atoms with Crippen molar-refractivity contribution in [2.75, 3.05) is 31.1 Å². The van der Waals surface area contributed by atoms with Crippen LogP contribution in [0.5, 0.6) is 0 Å². The highest BCUT2D eigenvalue weighted by molar-refractivity contribution is 5.33. The summed E-state index contributed by atoms with van der Waals surface area (Å²) in [6.07, 6.45) is 5.80. The van der Waals surface area contributed by atoms with Gasteiger partial charge in [0, 0.05) is 36.9 Å². The molecule has 2 saturated heterocycles. The quantitative estimate of drug-likeness (QED) is 0.794. The summed E-state index contributed by atoms with van der Waals surface area (Å²) >= 11 is 0. The van der Waals surface area contributed by atoms with E-state index in [0.717, 1.165) is 31.3 Å². The number of nitrogens with zero attached hydrogens (tertiary/aromatic N) is 3. The zero-order valence-electron chi connectivity index (χ0n) is 10.4. The molecule has 0 aliphatic carbocycles. The highest BCUT2D eigenvalue weighted by Gasteiger charge is 2.39. The molecule has 0 saturated carbocycles. The fraction of sp³-hybridized carbons (Fsp3) is 0.692. The Labute approximate surface area is 102 Å². The number of piperidine rings is 1. The first-order valence-electron chi connectivity index (χ1n) is 6.53. The molecule has 2 aliphatic rings. The molecule has 0 unspecified atom stereocenters. The molecule has 17 heavy (non-hydrogen) atoms. The fourth-order valence-electron chi connectivity index (χ4n) is 3.07. The lowest BCUT2D eigenvalue weighted by atomic mass is 9.80. The fourth-order valence-corrected chi connectivity index (χ4v) is 3.07. The Balaban J connectivity index is 1.75. The molecule has 0 amide bonds. The minimum atomic E-state index is 0.478. The van der Waals surface area contributed by atoms with Crippen LogP contribution in [0.15, 0.2) is 12.3 Å². The highest BCUT2D eigenvalue weighted by atomic mass is 15.3. The molecule has 2 fully saturated rings. The van der Waals surface area contributed by atoms with E-state index in [1.54, 1.807) is 0 Å². The number of anilines is 1. The van der Waals surface area contributed by atoms with E-state index in [9.17, 15) is 0 Å². The molecule has 3 rings (SSSR count). The Kier molecular flexibility index (Phi) is 2.74. The third-order valence-corrected chi connectivity index (χ3v) is 4.06. The standard InChI is InChI=1S/C13H20N4/c1-11-3-7-15-12(16-11)17-8-5-13(10-17)4-2-6-14-9-13/h3,7,14H,2,4-6,8-10H2,1H3/t13-/m0/s1. The van der Waals surface area contributed by atoms with E-state index in [4.69, 9.17) is 0 Å². The molecule has 1 N–H and O–H groups in total. The molecule has 3 heterocycles. The van der Waals surface area contributed by atoms with Crippen molar-refractivity contribution in [3.8, 4) is 0 Å². The first kappa shape index (κ1) is 11.0. The molecular weight excluding hydrogens is 212 g/mol. The first-order chi connectivity index (χ1) is 8.27. The largest absolute Gasteiger partial charge is 0.340 e. The predicted octanol–water partition coefficient (Wildman–Crippen LogP) is 1.36. The van der Waals surface area contributed by atoms with Crippen molar-refractivity contribution in [1.29, 1.82) is 0 Å². The van der Waals surface area contributed by atoms with E-state index >= 15 is 0 Å². The average molecular weight is 232 g/mol. The van der Waals surface area contributed by atoms with Crippen LogP contribution < -0.4 is 10.2 Å². The number of nitrogens with one attached hydrogen (secondary N) is 1. The monoisotopic (exact) mass is 232 g/mol. The van der Waals surface area contributed by atoms with Crippen LogP contribution >= 0.6 is 0 Å². The highest BCUT2D eigenvalue weighted by Crippen LogP contribution is 2.37. The van der Waals surface area contributed by atoms with Crippen LogP contribution in [0.25, 0.3) is 0 Å². The van der Waals surface area contributed by atoms with Crippen molar-refractivity contribution >= 4 is 5.95 Å². The van der Waals surface area contributed by atoms with Crippen molar-refractivity contribution in [2.45, 2.75) is 26.2 Å². The number of aromatic nitrogens is 2. The van der Waals surface area contributed by atoms with Crippen LogP contribution in [-0.4, -0.2) is 36.1 Å². The molecule has 1 spiro atoms. The van der Waals surface area contributed by atoms with E-state index in [0.29, 0.717) is 5.41 Å². The molecule has 4 nitrogen and oxygen atoms in total. The molecule has 2 aliphatic heterocycles. The van der Waals surface area contributed by atoms with Gasteiger partial charge in [-0.05, 0) is 38.8 Å². The van der Waals surface area contributed by atoms with E-state index in [1.165, 1.54) is 25.8 Å². The molecule has 0 bridgehead atoms. The van der Waals surface area contributed by atoms with Crippen LogP contribution in [0.2, 0.25) is 0 Å². The van der Waals surface area contributed by atoms with Crippen molar-refractivity contribution in [2.24, 2.45) is 5.41 Å². The SMILES string of the molecule is Cc1ccnc(N2CC[C@]3(CCCNC3)C2)n1. The normalized spacial score (nSPS) is 28.9. The van der Waals surface area contributed by atoms with Crippen molar-refractivity contribution < 1.29 is 0 Å². The number of hydrogen-bond acceptors (Lipinski definition) is 4. The first-order valence-corrected chi connectivity index (χ1v) is 6.53. The summed E-state index contributed by atoms with van der Waals surface area (Å²) in [5.41, 5.74) is 1.53. The minimum Gasteiger partial charge on any atom is -0.340 e. The second-order valence-electron chi connectivity index (χ2n) is 5.45. The third-order valence-electron chi connectivity index (χ3n) is 4.06. The van der Waals surface area contributed by atoms with Gasteiger partial charge in [0.2, 0.25) is 5.95 Å². The predicted molar refractivity (Wildman–Crippen MR) is 68.1 cm³/mol. The second-order valence-corrected chi connectivity index (χ2v) is 5.45. The van der Waals surface area contributed by atoms with Crippen molar-refractivity contribution in [3.05, 3.63) is 18.0 Å². The van der Waals surface area contributed by atoms with Gasteiger partial charge in [-0.15, -0.1) is 0 Å². The van der Waals surface area contributed by atoms with Gasteiger partial charge in [-0.3, -0.25) is 0 Å². The molecular formula is C13H20N4. The van der Waals surface area contributed by atoms with Crippen LogP contribution in [0, 0.1) is 12.3 Å². The Morgan fingerprint density at radius 3 is 3.12 bits per heavy atom. The van der Waals surface area contributed by atoms with Gasteiger partial charge < -0.3 is 10.2 Å². The van der Waals surface area contributed by atoms with Gasteiger partial charge in [0.25, 0.3) is 0 Å². The Hall–Kier alpha value is -1.16. The average Bonchev–Trinajstić information content (AvgIpc) is 2.74. The van der Waals surface area contributed by atoms with Gasteiger partial charge in [-0.1, -0.05) is 0 Å². The third kappa shape index (κ3) is 2.14. The maximum Gasteiger partial charge on any atom is 0.225 e. The number of aryl methyl sites for hydroxylation is 1. The lowest BCUT2D eigenvalue weighted by Crippen LogP contribution is -2.42. The number of hydrogen-bond donors (Lipinski definition) is 1. The zero-order chi connectivity index (χ0) is 11.7. The summed E-state index contributed by atoms with van der Waals surface area (Å²) in [7, 11) is 0. The molecule has 1 aromatic rings. The summed E-state index contributed by atoms with van der Waals surface area (Å²) in [5, 5.41) is 3.53. The summed E-state index contributed by atoms with van der Waals surface area (Å²) in [6.45, 7) is 6.59. The summed E-state index contributed by atoms with van der Waals surface area (Å²) < 4.78 is 0. The molecule has 1 atom stereocenters. The van der Waals surface area contributed by atoms with Gasteiger partial charge in [0.1, 0.15) is 0 Å². The van der Waals surface area contributed by atoms with E-state index < -0.39 is 0 Å². The minimum absolute atomic E-state index is 0.478. The van der Waals surface area contributed by atoms with E-state index in [-0.39, 0.29) is 0 Å². The lowest BCUT2D eigenvalue weighted by Gasteiger charge is -2.33. The molecule has 0 radical (unpaired) electrons. The van der Waals surface area contributed by atoms with Crippen LogP contribution in [0.4, 0.5) is 5.95 Å². The van der Waals surface area contributed by atoms with Crippen molar-refractivity contribution in [1.82, 2.24) is 15.3 Å². The van der Waals surface area contributed by atoms with E-state index in [1.807, 2.05) is 19.2 Å². The summed E-state index contributed by atoms with van der Waals surface area (Å²) in [5.74, 6) is 0.910. The number of rotatable bonds is 1. The Bertz CT molecular complexity index is 398. The molecule has 92 valence electrons. The zero-order valence-corrected chi connectivity index (χ0v) is 10.4. The van der Waals surface area contributed by atoms with Gasteiger partial charge in [0.05, 0.1) is 0 Å². The van der Waals surface area contributed by atoms with Crippen molar-refractivity contribution in [3.63, 3.8) is 0 Å². The molecule has 4 heteroatoms. The van der Waals surface area contributed by atoms with Crippen LogP contribution in [0.1, 0.15) is 25.0 Å². The maximum atomic E-state index is 4.53. The van der Waals surface area contributed by atoms with Crippen LogP contribution in [-0.2, 0) is 0 Å². The second kappa shape index (κ2) is 4.26. The van der Waals surface area contributed by atoms with Gasteiger partial charge in [0.15, 0.2) is 0 Å². The van der Waals surface area contributed by atoms with E-state index in [2.05, 4.69) is 20.2 Å². The van der Waals surface area contributed by atoms with Gasteiger partial charge in [-0.2, -0.15) is 0 Å². The van der Waals surface area contributed by atoms with Crippen LogP contribution in [0.3, 0.4) is 0 Å². The molecule has 1 aromatic heterocycles.